The maximum Gasteiger partial charge on any atom is 0.248 e. The molecular formula is C24H24ClN5O3. The fourth-order valence-electron chi connectivity index (χ4n) is 3.89. The van der Waals surface area contributed by atoms with Crippen LogP contribution in [0.2, 0.25) is 5.02 Å². The zero-order valence-electron chi connectivity index (χ0n) is 18.1. The molecule has 8 nitrogen and oxygen atoms in total. The highest BCUT2D eigenvalue weighted by Gasteiger charge is 2.36. The van der Waals surface area contributed by atoms with Gasteiger partial charge in [0, 0.05) is 43.2 Å². The molecule has 0 radical (unpaired) electrons. The molecule has 1 aliphatic heterocycles. The smallest absolute Gasteiger partial charge is 0.248 e. The molecule has 2 aromatic carbocycles. The Morgan fingerprint density at radius 3 is 2.88 bits per heavy atom. The summed E-state index contributed by atoms with van der Waals surface area (Å²) in [6.07, 6.45) is 4.57. The summed E-state index contributed by atoms with van der Waals surface area (Å²) < 4.78 is 5.27. The van der Waals surface area contributed by atoms with Crippen LogP contribution in [0.3, 0.4) is 0 Å². The minimum absolute atomic E-state index is 0.119. The average molecular weight is 466 g/mol. The van der Waals surface area contributed by atoms with Crippen LogP contribution in [0.1, 0.15) is 11.1 Å². The maximum absolute atomic E-state index is 13.2. The van der Waals surface area contributed by atoms with Crippen LogP contribution in [0.5, 0.6) is 0 Å². The SMILES string of the molecule is COCC1C(=O)N(Cc2ccc3c(N)ncnc3c2)CCN1C(=O)/C=C/c1cccc(Cl)c1. The molecule has 33 heavy (non-hydrogen) atoms. The molecule has 1 atom stereocenters. The van der Waals surface area contributed by atoms with Crippen LogP contribution in [0.15, 0.2) is 54.9 Å². The van der Waals surface area contributed by atoms with E-state index in [1.54, 1.807) is 28.0 Å². The lowest BCUT2D eigenvalue weighted by molar-refractivity contribution is -0.152. The first-order chi connectivity index (χ1) is 16.0. The summed E-state index contributed by atoms with van der Waals surface area (Å²) in [5.74, 6) is 0.0125. The monoisotopic (exact) mass is 465 g/mol. The topological polar surface area (TPSA) is 102 Å². The number of anilines is 1. The molecule has 0 saturated carbocycles. The van der Waals surface area contributed by atoms with Gasteiger partial charge in [0.05, 0.1) is 12.1 Å². The van der Waals surface area contributed by atoms with Crippen molar-refractivity contribution in [2.24, 2.45) is 0 Å². The van der Waals surface area contributed by atoms with Crippen LogP contribution in [0, 0.1) is 0 Å². The lowest BCUT2D eigenvalue weighted by Crippen LogP contribution is -2.59. The highest BCUT2D eigenvalue weighted by atomic mass is 35.5. The highest BCUT2D eigenvalue weighted by molar-refractivity contribution is 6.30. The molecule has 2 heterocycles. The molecule has 1 fully saturated rings. The Morgan fingerprint density at radius 1 is 1.24 bits per heavy atom. The van der Waals surface area contributed by atoms with E-state index in [0.29, 0.717) is 30.5 Å². The number of hydrogen-bond donors (Lipinski definition) is 1. The van der Waals surface area contributed by atoms with Gasteiger partial charge in [0.2, 0.25) is 11.8 Å². The summed E-state index contributed by atoms with van der Waals surface area (Å²) in [6.45, 7) is 1.34. The number of amides is 2. The van der Waals surface area contributed by atoms with Gasteiger partial charge in [0.25, 0.3) is 0 Å². The minimum atomic E-state index is -0.696. The minimum Gasteiger partial charge on any atom is -0.383 e. The third kappa shape index (κ3) is 5.13. The van der Waals surface area contributed by atoms with Gasteiger partial charge in [-0.1, -0.05) is 29.8 Å². The average Bonchev–Trinajstić information content (AvgIpc) is 2.80. The molecule has 4 rings (SSSR count). The number of benzene rings is 2. The van der Waals surface area contributed by atoms with Gasteiger partial charge in [0.1, 0.15) is 18.2 Å². The van der Waals surface area contributed by atoms with E-state index in [4.69, 9.17) is 22.1 Å². The number of hydrogen-bond acceptors (Lipinski definition) is 6. The summed E-state index contributed by atoms with van der Waals surface area (Å²) >= 11 is 6.01. The Balaban J connectivity index is 1.48. The van der Waals surface area contributed by atoms with Crippen LogP contribution in [0.4, 0.5) is 5.82 Å². The molecule has 0 bridgehead atoms. The van der Waals surface area contributed by atoms with Gasteiger partial charge in [-0.15, -0.1) is 0 Å². The molecule has 170 valence electrons. The van der Waals surface area contributed by atoms with E-state index in [0.717, 1.165) is 22.0 Å². The standard InChI is InChI=1S/C24H24ClN5O3/c1-33-14-21-24(32)29(13-17-5-7-19-20(12-17)27-15-28-23(19)26)9-10-30(21)22(31)8-6-16-3-2-4-18(25)11-16/h2-8,11-12,15,21H,9-10,13-14H2,1H3,(H2,26,27,28)/b8-6+. The van der Waals surface area contributed by atoms with E-state index in [2.05, 4.69) is 9.97 Å². The van der Waals surface area contributed by atoms with Gasteiger partial charge in [-0.2, -0.15) is 0 Å². The number of aromatic nitrogens is 2. The molecule has 2 amide bonds. The highest BCUT2D eigenvalue weighted by Crippen LogP contribution is 2.21. The molecule has 1 aliphatic rings. The second kappa shape index (κ2) is 9.97. The summed E-state index contributed by atoms with van der Waals surface area (Å²) in [5, 5.41) is 1.36. The van der Waals surface area contributed by atoms with Gasteiger partial charge < -0.3 is 20.3 Å². The van der Waals surface area contributed by atoms with Crippen molar-refractivity contribution in [3.05, 3.63) is 71.0 Å². The Bertz CT molecular complexity index is 1220. The number of carbonyl (C=O) groups excluding carboxylic acids is 2. The van der Waals surface area contributed by atoms with Crippen molar-refractivity contribution in [1.82, 2.24) is 19.8 Å². The summed E-state index contributed by atoms with van der Waals surface area (Å²) in [7, 11) is 1.52. The molecule has 0 spiro atoms. The van der Waals surface area contributed by atoms with E-state index < -0.39 is 6.04 Å². The predicted molar refractivity (Wildman–Crippen MR) is 127 cm³/mol. The molecule has 1 saturated heterocycles. The quantitative estimate of drug-likeness (QED) is 0.562. The Kier molecular flexibility index (Phi) is 6.86. The second-order valence-electron chi connectivity index (χ2n) is 7.76. The van der Waals surface area contributed by atoms with Crippen LogP contribution in [-0.2, 0) is 20.9 Å². The molecule has 3 aromatic rings. The molecular weight excluding hydrogens is 442 g/mol. The van der Waals surface area contributed by atoms with Crippen LogP contribution in [-0.4, -0.2) is 64.4 Å². The number of nitrogens with two attached hydrogens (primary N) is 1. The van der Waals surface area contributed by atoms with E-state index in [1.807, 2.05) is 30.3 Å². The molecule has 9 heteroatoms. The first-order valence-corrected chi connectivity index (χ1v) is 10.8. The van der Waals surface area contributed by atoms with Crippen molar-refractivity contribution in [3.63, 3.8) is 0 Å². The zero-order valence-corrected chi connectivity index (χ0v) is 18.9. The Labute approximate surface area is 196 Å². The zero-order chi connectivity index (χ0) is 23.4. The number of fused-ring (bicyclic) bond motifs is 1. The number of rotatable bonds is 6. The predicted octanol–water partition coefficient (Wildman–Crippen LogP) is 2.76. The number of ether oxygens (including phenoxy) is 1. The largest absolute Gasteiger partial charge is 0.383 e. The first-order valence-electron chi connectivity index (χ1n) is 10.5. The summed E-state index contributed by atoms with van der Waals surface area (Å²) in [4.78, 5) is 37.7. The number of methoxy groups -OCH3 is 1. The maximum atomic E-state index is 13.2. The Morgan fingerprint density at radius 2 is 2.09 bits per heavy atom. The van der Waals surface area contributed by atoms with Crippen LogP contribution >= 0.6 is 11.6 Å². The van der Waals surface area contributed by atoms with Gasteiger partial charge >= 0.3 is 0 Å². The molecule has 1 unspecified atom stereocenters. The van der Waals surface area contributed by atoms with Gasteiger partial charge in [-0.25, -0.2) is 9.97 Å². The van der Waals surface area contributed by atoms with Crippen LogP contribution < -0.4 is 5.73 Å². The van der Waals surface area contributed by atoms with E-state index in [-0.39, 0.29) is 18.4 Å². The lowest BCUT2D eigenvalue weighted by Gasteiger charge is -2.40. The van der Waals surface area contributed by atoms with E-state index >= 15 is 0 Å². The fourth-order valence-corrected chi connectivity index (χ4v) is 4.09. The summed E-state index contributed by atoms with van der Waals surface area (Å²) in [6, 6.07) is 12.2. The van der Waals surface area contributed by atoms with Crippen molar-refractivity contribution < 1.29 is 14.3 Å². The molecule has 1 aromatic heterocycles. The number of piperazine rings is 1. The van der Waals surface area contributed by atoms with Crippen molar-refractivity contribution in [2.45, 2.75) is 12.6 Å². The fraction of sp³-hybridized carbons (Fsp3) is 0.250. The molecule has 2 N–H and O–H groups in total. The van der Waals surface area contributed by atoms with Crippen molar-refractivity contribution >= 4 is 46.2 Å². The van der Waals surface area contributed by atoms with Gasteiger partial charge in [-0.3, -0.25) is 9.59 Å². The third-order valence-electron chi connectivity index (χ3n) is 5.56. The number of halogens is 1. The van der Waals surface area contributed by atoms with Gasteiger partial charge in [-0.05, 0) is 41.5 Å². The van der Waals surface area contributed by atoms with Crippen molar-refractivity contribution in [1.29, 1.82) is 0 Å². The Hall–Kier alpha value is -3.49. The first kappa shape index (κ1) is 22.7. The summed E-state index contributed by atoms with van der Waals surface area (Å²) in [5.41, 5.74) is 8.35. The van der Waals surface area contributed by atoms with E-state index in [1.165, 1.54) is 19.5 Å². The third-order valence-corrected chi connectivity index (χ3v) is 5.80. The molecule has 0 aliphatic carbocycles. The van der Waals surface area contributed by atoms with Crippen molar-refractivity contribution in [3.8, 4) is 0 Å². The van der Waals surface area contributed by atoms with Gasteiger partial charge in [0.15, 0.2) is 0 Å². The van der Waals surface area contributed by atoms with Crippen molar-refractivity contribution in [2.75, 3.05) is 32.5 Å². The number of nitrogens with zero attached hydrogens (tertiary/aromatic N) is 4. The second-order valence-corrected chi connectivity index (χ2v) is 8.20. The number of nitrogen functional groups attached to an aromatic ring is 1. The number of carbonyl (C=O) groups is 2. The van der Waals surface area contributed by atoms with E-state index in [9.17, 15) is 9.59 Å². The lowest BCUT2D eigenvalue weighted by atomic mass is 10.1. The normalized spacial score (nSPS) is 16.7. The van der Waals surface area contributed by atoms with Crippen LogP contribution in [0.25, 0.3) is 17.0 Å².